The van der Waals surface area contributed by atoms with E-state index in [4.69, 9.17) is 15.2 Å². The Morgan fingerprint density at radius 2 is 1.95 bits per heavy atom. The number of methoxy groups -OCH3 is 2. The van der Waals surface area contributed by atoms with E-state index in [0.29, 0.717) is 12.5 Å². The summed E-state index contributed by atoms with van der Waals surface area (Å²) < 4.78 is 10.8. The van der Waals surface area contributed by atoms with Gasteiger partial charge < -0.3 is 15.2 Å². The van der Waals surface area contributed by atoms with E-state index in [1.807, 2.05) is 18.2 Å². The minimum atomic E-state index is 0.133. The van der Waals surface area contributed by atoms with E-state index >= 15 is 0 Å². The lowest BCUT2D eigenvalue weighted by atomic mass is 10.0. The van der Waals surface area contributed by atoms with Gasteiger partial charge in [0.25, 0.3) is 0 Å². The summed E-state index contributed by atoms with van der Waals surface area (Å²) in [5.41, 5.74) is 7.08. The first-order chi connectivity index (χ1) is 9.57. The van der Waals surface area contributed by atoms with E-state index < -0.39 is 0 Å². The Balaban J connectivity index is 3.03. The molecular formula is C16H28N2O2. The average Bonchev–Trinajstić information content (AvgIpc) is 2.47. The van der Waals surface area contributed by atoms with Crippen molar-refractivity contribution >= 4 is 0 Å². The van der Waals surface area contributed by atoms with Crippen molar-refractivity contribution in [2.24, 2.45) is 11.7 Å². The first-order valence-electron chi connectivity index (χ1n) is 7.19. The maximum Gasteiger partial charge on any atom is 0.123 e. The fourth-order valence-electron chi connectivity index (χ4n) is 2.39. The Labute approximate surface area is 122 Å². The Bertz CT molecular complexity index is 409. The van der Waals surface area contributed by atoms with Crippen LogP contribution in [0.1, 0.15) is 31.9 Å². The molecule has 0 saturated carbocycles. The molecule has 20 heavy (non-hydrogen) atoms. The number of rotatable bonds is 8. The number of nitrogens with two attached hydrogens (primary N) is 1. The molecule has 1 rings (SSSR count). The topological polar surface area (TPSA) is 47.7 Å². The molecule has 0 radical (unpaired) electrons. The highest BCUT2D eigenvalue weighted by molar-refractivity contribution is 5.42. The Hall–Kier alpha value is -1.26. The molecule has 0 spiro atoms. The van der Waals surface area contributed by atoms with Crippen LogP contribution in [0.25, 0.3) is 0 Å². The lowest BCUT2D eigenvalue weighted by Crippen LogP contribution is -2.33. The van der Waals surface area contributed by atoms with Gasteiger partial charge in [0.1, 0.15) is 11.5 Å². The van der Waals surface area contributed by atoms with Crippen LogP contribution in [0.5, 0.6) is 11.5 Å². The van der Waals surface area contributed by atoms with Crippen LogP contribution in [-0.2, 0) is 0 Å². The Kier molecular flexibility index (Phi) is 6.82. The van der Waals surface area contributed by atoms with E-state index in [-0.39, 0.29) is 6.04 Å². The van der Waals surface area contributed by atoms with Crippen LogP contribution >= 0.6 is 0 Å². The van der Waals surface area contributed by atoms with Crippen LogP contribution in [0.3, 0.4) is 0 Å². The number of ether oxygens (including phenoxy) is 2. The summed E-state index contributed by atoms with van der Waals surface area (Å²) in [6.45, 7) is 6.03. The monoisotopic (exact) mass is 280 g/mol. The predicted molar refractivity (Wildman–Crippen MR) is 83.4 cm³/mol. The standard InChI is InChI=1S/C16H28N2O2/c1-6-12(2)11-18(3)15(10-17)14-9-13(19-4)7-8-16(14)20-5/h7-9,12,15H,6,10-11,17H2,1-5H3. The lowest BCUT2D eigenvalue weighted by Gasteiger charge is -2.30. The second-order valence-electron chi connectivity index (χ2n) is 5.31. The highest BCUT2D eigenvalue weighted by Gasteiger charge is 2.21. The number of likely N-dealkylation sites (N-methyl/N-ethyl adjacent to an activating group) is 1. The molecule has 114 valence electrons. The number of nitrogens with zero attached hydrogens (tertiary/aromatic N) is 1. The van der Waals surface area contributed by atoms with Gasteiger partial charge in [-0.05, 0) is 31.2 Å². The summed E-state index contributed by atoms with van der Waals surface area (Å²) >= 11 is 0. The highest BCUT2D eigenvalue weighted by atomic mass is 16.5. The van der Waals surface area contributed by atoms with E-state index in [0.717, 1.165) is 30.0 Å². The van der Waals surface area contributed by atoms with Gasteiger partial charge >= 0.3 is 0 Å². The number of hydrogen-bond donors (Lipinski definition) is 1. The van der Waals surface area contributed by atoms with Crippen LogP contribution in [0.4, 0.5) is 0 Å². The molecule has 0 heterocycles. The zero-order chi connectivity index (χ0) is 15.1. The molecule has 1 aromatic carbocycles. The van der Waals surface area contributed by atoms with Crippen molar-refractivity contribution in [1.82, 2.24) is 4.90 Å². The molecule has 1 aromatic rings. The fourth-order valence-corrected chi connectivity index (χ4v) is 2.39. The van der Waals surface area contributed by atoms with Gasteiger partial charge in [0.2, 0.25) is 0 Å². The summed E-state index contributed by atoms with van der Waals surface area (Å²) in [5.74, 6) is 2.33. The van der Waals surface area contributed by atoms with Crippen molar-refractivity contribution < 1.29 is 9.47 Å². The van der Waals surface area contributed by atoms with E-state index in [1.165, 1.54) is 0 Å². The molecule has 0 aromatic heterocycles. The van der Waals surface area contributed by atoms with Crippen molar-refractivity contribution in [2.75, 3.05) is 34.4 Å². The normalized spacial score (nSPS) is 14.2. The second-order valence-corrected chi connectivity index (χ2v) is 5.31. The summed E-state index contributed by atoms with van der Waals surface area (Å²) in [6, 6.07) is 6.00. The van der Waals surface area contributed by atoms with E-state index in [1.54, 1.807) is 14.2 Å². The molecule has 0 amide bonds. The molecule has 0 bridgehead atoms. The lowest BCUT2D eigenvalue weighted by molar-refractivity contribution is 0.211. The second kappa shape index (κ2) is 8.12. The minimum absolute atomic E-state index is 0.133. The van der Waals surface area contributed by atoms with Gasteiger partial charge in [-0.25, -0.2) is 0 Å². The van der Waals surface area contributed by atoms with Gasteiger partial charge in [-0.2, -0.15) is 0 Å². The molecule has 0 fully saturated rings. The summed E-state index contributed by atoms with van der Waals surface area (Å²) in [7, 11) is 5.47. The molecule has 2 N–H and O–H groups in total. The predicted octanol–water partition coefficient (Wildman–Crippen LogP) is 2.68. The van der Waals surface area contributed by atoms with Gasteiger partial charge in [-0.15, -0.1) is 0 Å². The summed E-state index contributed by atoms with van der Waals surface area (Å²) in [5, 5.41) is 0. The molecule has 0 aliphatic heterocycles. The van der Waals surface area contributed by atoms with Gasteiger partial charge in [-0.3, -0.25) is 4.90 Å². The molecule has 0 saturated heterocycles. The van der Waals surface area contributed by atoms with Crippen molar-refractivity contribution in [3.8, 4) is 11.5 Å². The van der Waals surface area contributed by atoms with Crippen LogP contribution in [0, 0.1) is 5.92 Å². The number of hydrogen-bond acceptors (Lipinski definition) is 4. The van der Waals surface area contributed by atoms with Crippen molar-refractivity contribution in [2.45, 2.75) is 26.3 Å². The third-order valence-corrected chi connectivity index (χ3v) is 3.85. The maximum atomic E-state index is 6.00. The SMILES string of the molecule is CCC(C)CN(C)C(CN)c1cc(OC)ccc1OC. The third-order valence-electron chi connectivity index (χ3n) is 3.85. The van der Waals surface area contributed by atoms with Crippen LogP contribution in [-0.4, -0.2) is 39.3 Å². The van der Waals surface area contributed by atoms with Crippen molar-refractivity contribution in [3.05, 3.63) is 23.8 Å². The smallest absolute Gasteiger partial charge is 0.123 e. The average molecular weight is 280 g/mol. The zero-order valence-corrected chi connectivity index (χ0v) is 13.3. The minimum Gasteiger partial charge on any atom is -0.497 e. The molecule has 0 aliphatic rings. The first-order valence-corrected chi connectivity index (χ1v) is 7.19. The quantitative estimate of drug-likeness (QED) is 0.795. The summed E-state index contributed by atoms with van der Waals surface area (Å²) in [4.78, 5) is 2.30. The maximum absolute atomic E-state index is 6.00. The third kappa shape index (κ3) is 4.12. The van der Waals surface area contributed by atoms with Gasteiger partial charge in [0.15, 0.2) is 0 Å². The first kappa shape index (κ1) is 16.8. The molecule has 2 atom stereocenters. The zero-order valence-electron chi connectivity index (χ0n) is 13.3. The molecule has 4 nitrogen and oxygen atoms in total. The fraction of sp³-hybridized carbons (Fsp3) is 0.625. The highest BCUT2D eigenvalue weighted by Crippen LogP contribution is 2.32. The van der Waals surface area contributed by atoms with Gasteiger partial charge in [-0.1, -0.05) is 20.3 Å². The van der Waals surface area contributed by atoms with Gasteiger partial charge in [0, 0.05) is 18.7 Å². The molecule has 2 unspecified atom stereocenters. The Morgan fingerprint density at radius 1 is 1.25 bits per heavy atom. The number of benzene rings is 1. The molecule has 4 heteroatoms. The van der Waals surface area contributed by atoms with Crippen molar-refractivity contribution in [3.63, 3.8) is 0 Å². The largest absolute Gasteiger partial charge is 0.497 e. The van der Waals surface area contributed by atoms with Crippen LogP contribution in [0.2, 0.25) is 0 Å². The van der Waals surface area contributed by atoms with Crippen LogP contribution < -0.4 is 15.2 Å². The summed E-state index contributed by atoms with van der Waals surface area (Å²) in [6.07, 6.45) is 1.16. The van der Waals surface area contributed by atoms with E-state index in [2.05, 4.69) is 25.8 Å². The van der Waals surface area contributed by atoms with E-state index in [9.17, 15) is 0 Å². The Morgan fingerprint density at radius 3 is 2.45 bits per heavy atom. The van der Waals surface area contributed by atoms with Gasteiger partial charge in [0.05, 0.1) is 20.3 Å². The molecule has 0 aliphatic carbocycles. The molecular weight excluding hydrogens is 252 g/mol. The van der Waals surface area contributed by atoms with Crippen LogP contribution in [0.15, 0.2) is 18.2 Å². The van der Waals surface area contributed by atoms with Crippen molar-refractivity contribution in [1.29, 1.82) is 0 Å².